The number of likely N-dealkylation sites (tertiary alicyclic amines) is 1. The third kappa shape index (κ3) is 2.98. The van der Waals surface area contributed by atoms with E-state index in [0.717, 1.165) is 31.0 Å². The Bertz CT molecular complexity index is 567. The number of fused-ring (bicyclic) bond motifs is 1. The van der Waals surface area contributed by atoms with Gasteiger partial charge in [-0.2, -0.15) is 0 Å². The fraction of sp³-hybridized carbons (Fsp3) is 0.562. The van der Waals surface area contributed by atoms with Crippen LogP contribution in [0.3, 0.4) is 0 Å². The average Bonchev–Trinajstić information content (AvgIpc) is 2.92. The molecule has 22 heavy (non-hydrogen) atoms. The standard InChI is InChI=1S/C16H20F2N2O2/c1-19-16(21)15-5-4-13-14(22-15)6-7-20(13)9-10-2-3-11(17)12(18)8-10/h2-3,8,13-15H,4-7,9H2,1H3,(H,19,21)/t13-,14-,15-/m1/s1. The van der Waals surface area contributed by atoms with Gasteiger partial charge in [0.2, 0.25) is 5.91 Å². The Labute approximate surface area is 128 Å². The molecule has 2 heterocycles. The normalized spacial score (nSPS) is 28.4. The number of hydrogen-bond acceptors (Lipinski definition) is 3. The molecule has 0 aliphatic carbocycles. The molecule has 0 unspecified atom stereocenters. The molecule has 1 aromatic rings. The number of benzene rings is 1. The molecule has 6 heteroatoms. The second-order valence-corrected chi connectivity index (χ2v) is 5.93. The number of nitrogens with one attached hydrogen (secondary N) is 1. The Morgan fingerprint density at radius 1 is 1.32 bits per heavy atom. The molecule has 3 rings (SSSR count). The fourth-order valence-electron chi connectivity index (χ4n) is 3.44. The molecule has 0 aromatic heterocycles. The van der Waals surface area contributed by atoms with Gasteiger partial charge in [-0.1, -0.05) is 6.07 Å². The van der Waals surface area contributed by atoms with E-state index in [1.54, 1.807) is 13.1 Å². The van der Waals surface area contributed by atoms with E-state index in [0.29, 0.717) is 13.0 Å². The average molecular weight is 310 g/mol. The first-order chi connectivity index (χ1) is 10.6. The Balaban J connectivity index is 1.63. The molecule has 0 saturated carbocycles. The van der Waals surface area contributed by atoms with Gasteiger partial charge in [-0.25, -0.2) is 8.78 Å². The quantitative estimate of drug-likeness (QED) is 0.926. The summed E-state index contributed by atoms with van der Waals surface area (Å²) in [5.41, 5.74) is 0.757. The van der Waals surface area contributed by atoms with Crippen molar-refractivity contribution in [1.82, 2.24) is 10.2 Å². The van der Waals surface area contributed by atoms with Crippen LogP contribution in [0.5, 0.6) is 0 Å². The summed E-state index contributed by atoms with van der Waals surface area (Å²) in [6, 6.07) is 4.27. The lowest BCUT2D eigenvalue weighted by Gasteiger charge is -2.35. The Kier molecular flexibility index (Phi) is 4.40. The zero-order chi connectivity index (χ0) is 15.7. The molecule has 0 bridgehead atoms. The van der Waals surface area contributed by atoms with E-state index < -0.39 is 11.6 Å². The number of carbonyl (C=O) groups excluding carboxylic acids is 1. The van der Waals surface area contributed by atoms with Crippen molar-refractivity contribution in [3.8, 4) is 0 Å². The zero-order valence-electron chi connectivity index (χ0n) is 12.5. The largest absolute Gasteiger partial charge is 0.363 e. The Morgan fingerprint density at radius 2 is 2.14 bits per heavy atom. The molecule has 2 fully saturated rings. The number of likely N-dealkylation sites (N-methyl/N-ethyl adjacent to an activating group) is 1. The molecule has 1 N–H and O–H groups in total. The number of hydrogen-bond donors (Lipinski definition) is 1. The zero-order valence-corrected chi connectivity index (χ0v) is 12.5. The summed E-state index contributed by atoms with van der Waals surface area (Å²) < 4.78 is 32.2. The molecular formula is C16H20F2N2O2. The topological polar surface area (TPSA) is 41.6 Å². The molecule has 2 saturated heterocycles. The summed E-state index contributed by atoms with van der Waals surface area (Å²) in [6.45, 7) is 1.42. The predicted molar refractivity (Wildman–Crippen MR) is 77.1 cm³/mol. The molecule has 1 aromatic carbocycles. The maximum Gasteiger partial charge on any atom is 0.248 e. The summed E-state index contributed by atoms with van der Waals surface area (Å²) in [5, 5.41) is 2.62. The van der Waals surface area contributed by atoms with E-state index in [1.165, 1.54) is 6.07 Å². The molecule has 3 atom stereocenters. The highest BCUT2D eigenvalue weighted by Crippen LogP contribution is 2.32. The first-order valence-corrected chi connectivity index (χ1v) is 7.63. The minimum atomic E-state index is -0.822. The maximum atomic E-state index is 13.3. The van der Waals surface area contributed by atoms with Crippen LogP contribution in [0.25, 0.3) is 0 Å². The van der Waals surface area contributed by atoms with Gasteiger partial charge in [0.05, 0.1) is 6.10 Å². The van der Waals surface area contributed by atoms with Gasteiger partial charge in [0.15, 0.2) is 11.6 Å². The highest BCUT2D eigenvalue weighted by Gasteiger charge is 2.41. The van der Waals surface area contributed by atoms with E-state index in [-0.39, 0.29) is 24.2 Å². The van der Waals surface area contributed by atoms with Crippen molar-refractivity contribution in [3.63, 3.8) is 0 Å². The van der Waals surface area contributed by atoms with E-state index in [1.807, 2.05) is 0 Å². The van der Waals surface area contributed by atoms with Gasteiger partial charge < -0.3 is 10.1 Å². The monoisotopic (exact) mass is 310 g/mol. The van der Waals surface area contributed by atoms with Crippen molar-refractivity contribution < 1.29 is 18.3 Å². The first kappa shape index (κ1) is 15.4. The first-order valence-electron chi connectivity index (χ1n) is 7.63. The number of carbonyl (C=O) groups is 1. The molecule has 2 aliphatic heterocycles. The van der Waals surface area contributed by atoms with Crippen LogP contribution in [0.4, 0.5) is 8.78 Å². The van der Waals surface area contributed by atoms with Gasteiger partial charge in [0.25, 0.3) is 0 Å². The Hall–Kier alpha value is -1.53. The van der Waals surface area contributed by atoms with Gasteiger partial charge >= 0.3 is 0 Å². The minimum Gasteiger partial charge on any atom is -0.363 e. The highest BCUT2D eigenvalue weighted by molar-refractivity contribution is 5.80. The maximum absolute atomic E-state index is 13.3. The molecule has 120 valence electrons. The third-order valence-corrected chi connectivity index (χ3v) is 4.57. The van der Waals surface area contributed by atoms with Crippen LogP contribution in [0.15, 0.2) is 18.2 Å². The lowest BCUT2D eigenvalue weighted by atomic mass is 9.98. The molecule has 0 spiro atoms. The summed E-state index contributed by atoms with van der Waals surface area (Å²) in [6.07, 6.45) is 2.11. The number of rotatable bonds is 3. The van der Waals surface area contributed by atoms with Gasteiger partial charge in [-0.3, -0.25) is 9.69 Å². The van der Waals surface area contributed by atoms with Crippen LogP contribution < -0.4 is 5.32 Å². The van der Waals surface area contributed by atoms with Crippen molar-refractivity contribution in [3.05, 3.63) is 35.4 Å². The van der Waals surface area contributed by atoms with Crippen molar-refractivity contribution in [2.75, 3.05) is 13.6 Å². The van der Waals surface area contributed by atoms with Gasteiger partial charge in [0.1, 0.15) is 6.10 Å². The minimum absolute atomic E-state index is 0.0429. The van der Waals surface area contributed by atoms with Crippen molar-refractivity contribution in [1.29, 1.82) is 0 Å². The number of ether oxygens (including phenoxy) is 1. The van der Waals surface area contributed by atoms with Gasteiger partial charge in [0, 0.05) is 26.2 Å². The van der Waals surface area contributed by atoms with E-state index in [4.69, 9.17) is 4.74 Å². The number of halogens is 2. The van der Waals surface area contributed by atoms with Crippen LogP contribution in [-0.4, -0.2) is 42.6 Å². The highest BCUT2D eigenvalue weighted by atomic mass is 19.2. The van der Waals surface area contributed by atoms with Crippen LogP contribution in [0.2, 0.25) is 0 Å². The van der Waals surface area contributed by atoms with Crippen molar-refractivity contribution in [2.24, 2.45) is 0 Å². The number of nitrogens with zero attached hydrogens (tertiary/aromatic N) is 1. The lowest BCUT2D eigenvalue weighted by Crippen LogP contribution is -2.47. The summed E-state index contributed by atoms with van der Waals surface area (Å²) in [7, 11) is 1.61. The lowest BCUT2D eigenvalue weighted by molar-refractivity contribution is -0.143. The van der Waals surface area contributed by atoms with Crippen LogP contribution in [-0.2, 0) is 16.1 Å². The fourth-order valence-corrected chi connectivity index (χ4v) is 3.44. The van der Waals surface area contributed by atoms with Gasteiger partial charge in [-0.15, -0.1) is 0 Å². The Morgan fingerprint density at radius 3 is 2.86 bits per heavy atom. The van der Waals surface area contributed by atoms with Crippen LogP contribution in [0, 0.1) is 11.6 Å². The SMILES string of the molecule is CNC(=O)[C@H]1CC[C@@H]2[C@@H](CCN2Cc2ccc(F)c(F)c2)O1. The molecular weight excluding hydrogens is 290 g/mol. The number of amides is 1. The third-order valence-electron chi connectivity index (χ3n) is 4.57. The van der Waals surface area contributed by atoms with E-state index in [9.17, 15) is 13.6 Å². The van der Waals surface area contributed by atoms with Crippen LogP contribution >= 0.6 is 0 Å². The van der Waals surface area contributed by atoms with Gasteiger partial charge in [-0.05, 0) is 37.0 Å². The summed E-state index contributed by atoms with van der Waals surface area (Å²) in [4.78, 5) is 13.9. The second kappa shape index (κ2) is 6.30. The van der Waals surface area contributed by atoms with Crippen molar-refractivity contribution in [2.45, 2.75) is 44.1 Å². The smallest absolute Gasteiger partial charge is 0.248 e. The summed E-state index contributed by atoms with van der Waals surface area (Å²) >= 11 is 0. The molecule has 2 aliphatic rings. The summed E-state index contributed by atoms with van der Waals surface area (Å²) in [5.74, 6) is -1.71. The molecule has 0 radical (unpaired) electrons. The molecule has 4 nitrogen and oxygen atoms in total. The van der Waals surface area contributed by atoms with E-state index in [2.05, 4.69) is 10.2 Å². The van der Waals surface area contributed by atoms with Crippen molar-refractivity contribution >= 4 is 5.91 Å². The predicted octanol–water partition coefficient (Wildman–Crippen LogP) is 1.83. The second-order valence-electron chi connectivity index (χ2n) is 5.93. The van der Waals surface area contributed by atoms with Crippen LogP contribution in [0.1, 0.15) is 24.8 Å². The molecule has 1 amide bonds. The van der Waals surface area contributed by atoms with E-state index >= 15 is 0 Å².